The van der Waals surface area contributed by atoms with Crippen LogP contribution in [-0.4, -0.2) is 52.8 Å². The van der Waals surface area contributed by atoms with Gasteiger partial charge in [-0.2, -0.15) is 4.98 Å². The number of ether oxygens (including phenoxy) is 1. The number of nitrogens with zero attached hydrogens (tertiary/aromatic N) is 3. The predicted molar refractivity (Wildman–Crippen MR) is 95.7 cm³/mol. The summed E-state index contributed by atoms with van der Waals surface area (Å²) in [6.45, 7) is 4.93. The molecule has 0 unspecified atom stereocenters. The van der Waals surface area contributed by atoms with Crippen LogP contribution in [0.15, 0.2) is 4.52 Å². The molecule has 0 aromatic carbocycles. The molecule has 4 rings (SSSR count). The van der Waals surface area contributed by atoms with Crippen LogP contribution in [0.4, 0.5) is 0 Å². The minimum atomic E-state index is -0.221. The molecule has 2 saturated carbocycles. The average molecular weight is 362 g/mol. The van der Waals surface area contributed by atoms with Crippen molar-refractivity contribution in [1.29, 1.82) is 0 Å². The standard InChI is InChI=1S/C19H30N4O3/c1-13-5-2-3-7-16(13)25-12-11-23-10-4-6-15(23)19-21-17(22-26-19)18(24)20-14-8-9-14/h13-16H,2-12H2,1H3,(H,20,24)/t13-,15-,16-/m1/s1. The number of amides is 1. The molecule has 1 amide bonds. The maximum atomic E-state index is 12.1. The summed E-state index contributed by atoms with van der Waals surface area (Å²) < 4.78 is 11.6. The molecule has 0 radical (unpaired) electrons. The van der Waals surface area contributed by atoms with Gasteiger partial charge in [-0.25, -0.2) is 0 Å². The summed E-state index contributed by atoms with van der Waals surface area (Å²) in [7, 11) is 0. The Morgan fingerprint density at radius 2 is 2.08 bits per heavy atom. The number of rotatable bonds is 7. The van der Waals surface area contributed by atoms with Crippen LogP contribution in [-0.2, 0) is 4.74 Å². The molecule has 1 N–H and O–H groups in total. The molecule has 2 heterocycles. The van der Waals surface area contributed by atoms with Crippen LogP contribution in [0.25, 0.3) is 0 Å². The van der Waals surface area contributed by atoms with Crippen molar-refractivity contribution in [3.8, 4) is 0 Å². The van der Waals surface area contributed by atoms with Gasteiger partial charge < -0.3 is 14.6 Å². The summed E-state index contributed by atoms with van der Waals surface area (Å²) in [5, 5.41) is 6.79. The molecule has 1 saturated heterocycles. The second-order valence-corrected chi connectivity index (χ2v) is 8.07. The molecule has 7 nitrogen and oxygen atoms in total. The van der Waals surface area contributed by atoms with Crippen molar-refractivity contribution in [1.82, 2.24) is 20.4 Å². The van der Waals surface area contributed by atoms with E-state index in [0.29, 0.717) is 24.0 Å². The number of hydrogen-bond donors (Lipinski definition) is 1. The maximum absolute atomic E-state index is 12.1. The van der Waals surface area contributed by atoms with Gasteiger partial charge in [-0.15, -0.1) is 0 Å². The van der Waals surface area contributed by atoms with Gasteiger partial charge in [0.15, 0.2) is 0 Å². The van der Waals surface area contributed by atoms with Crippen molar-refractivity contribution in [2.45, 2.75) is 76.5 Å². The third kappa shape index (κ3) is 4.26. The average Bonchev–Trinajstić information content (AvgIpc) is 3.12. The molecule has 3 atom stereocenters. The van der Waals surface area contributed by atoms with E-state index >= 15 is 0 Å². The number of carbonyl (C=O) groups excluding carboxylic acids is 1. The highest BCUT2D eigenvalue weighted by Crippen LogP contribution is 2.31. The van der Waals surface area contributed by atoms with Crippen molar-refractivity contribution >= 4 is 5.91 Å². The Balaban J connectivity index is 1.29. The fourth-order valence-corrected chi connectivity index (χ4v) is 4.17. The Hall–Kier alpha value is -1.47. The van der Waals surface area contributed by atoms with Crippen molar-refractivity contribution in [2.75, 3.05) is 19.7 Å². The Labute approximate surface area is 154 Å². The molecular weight excluding hydrogens is 332 g/mol. The van der Waals surface area contributed by atoms with E-state index in [4.69, 9.17) is 9.26 Å². The second-order valence-electron chi connectivity index (χ2n) is 8.07. The second kappa shape index (κ2) is 8.05. The Bertz CT molecular complexity index is 616. The first-order valence-corrected chi connectivity index (χ1v) is 10.2. The maximum Gasteiger partial charge on any atom is 0.292 e. The smallest absolute Gasteiger partial charge is 0.292 e. The van der Waals surface area contributed by atoms with E-state index in [2.05, 4.69) is 27.3 Å². The monoisotopic (exact) mass is 362 g/mol. The minimum absolute atomic E-state index is 0.109. The highest BCUT2D eigenvalue weighted by molar-refractivity contribution is 5.90. The van der Waals surface area contributed by atoms with E-state index in [1.807, 2.05) is 0 Å². The van der Waals surface area contributed by atoms with Gasteiger partial charge in [0.1, 0.15) is 0 Å². The van der Waals surface area contributed by atoms with Crippen LogP contribution in [0.5, 0.6) is 0 Å². The fourth-order valence-electron chi connectivity index (χ4n) is 4.17. The lowest BCUT2D eigenvalue weighted by Crippen LogP contribution is -2.32. The Kier molecular flexibility index (Phi) is 5.55. The largest absolute Gasteiger partial charge is 0.377 e. The third-order valence-corrected chi connectivity index (χ3v) is 5.95. The molecule has 2 aliphatic carbocycles. The van der Waals surface area contributed by atoms with E-state index in [0.717, 1.165) is 45.4 Å². The van der Waals surface area contributed by atoms with Gasteiger partial charge >= 0.3 is 0 Å². The van der Waals surface area contributed by atoms with E-state index in [1.54, 1.807) is 0 Å². The first kappa shape index (κ1) is 17.9. The van der Waals surface area contributed by atoms with Crippen LogP contribution < -0.4 is 5.32 Å². The highest BCUT2D eigenvalue weighted by atomic mass is 16.5. The number of hydrogen-bond acceptors (Lipinski definition) is 6. The van der Waals surface area contributed by atoms with Gasteiger partial charge in [0.25, 0.3) is 11.7 Å². The van der Waals surface area contributed by atoms with Gasteiger partial charge in [0.05, 0.1) is 18.8 Å². The van der Waals surface area contributed by atoms with Crippen molar-refractivity contribution in [3.63, 3.8) is 0 Å². The van der Waals surface area contributed by atoms with Crippen LogP contribution in [0.3, 0.4) is 0 Å². The van der Waals surface area contributed by atoms with Crippen LogP contribution in [0, 0.1) is 5.92 Å². The number of aromatic nitrogens is 2. The number of likely N-dealkylation sites (tertiary alicyclic amines) is 1. The van der Waals surface area contributed by atoms with Gasteiger partial charge in [-0.05, 0) is 51.0 Å². The van der Waals surface area contributed by atoms with Gasteiger partial charge in [-0.3, -0.25) is 9.69 Å². The summed E-state index contributed by atoms with van der Waals surface area (Å²) in [4.78, 5) is 18.8. The fraction of sp³-hybridized carbons (Fsp3) is 0.842. The van der Waals surface area contributed by atoms with Crippen molar-refractivity contribution in [3.05, 3.63) is 11.7 Å². The van der Waals surface area contributed by atoms with Gasteiger partial charge in [-0.1, -0.05) is 24.9 Å². The van der Waals surface area contributed by atoms with Gasteiger partial charge in [0, 0.05) is 12.6 Å². The zero-order chi connectivity index (χ0) is 17.9. The molecule has 1 aliphatic heterocycles. The van der Waals surface area contributed by atoms with E-state index in [9.17, 15) is 4.79 Å². The lowest BCUT2D eigenvalue weighted by molar-refractivity contribution is -0.0159. The third-order valence-electron chi connectivity index (χ3n) is 5.95. The van der Waals surface area contributed by atoms with Crippen molar-refractivity contribution in [2.24, 2.45) is 5.92 Å². The summed E-state index contributed by atoms with van der Waals surface area (Å²) in [6, 6.07) is 0.407. The molecule has 7 heteroatoms. The lowest BCUT2D eigenvalue weighted by atomic mass is 9.88. The summed E-state index contributed by atoms with van der Waals surface area (Å²) >= 11 is 0. The van der Waals surface area contributed by atoms with Crippen LogP contribution in [0.1, 0.15) is 80.8 Å². The predicted octanol–water partition coefficient (Wildman–Crippen LogP) is 2.69. The van der Waals surface area contributed by atoms with Crippen LogP contribution in [0.2, 0.25) is 0 Å². The molecule has 26 heavy (non-hydrogen) atoms. The SMILES string of the molecule is C[C@@H]1CCCC[C@H]1OCCN1CCC[C@@H]1c1nc(C(=O)NC2CC2)no1. The topological polar surface area (TPSA) is 80.5 Å². The molecule has 3 aliphatic rings. The first-order valence-electron chi connectivity index (χ1n) is 10.2. The lowest BCUT2D eigenvalue weighted by Gasteiger charge is -2.30. The number of carbonyl (C=O) groups is 1. The van der Waals surface area contributed by atoms with Gasteiger partial charge in [0.2, 0.25) is 5.89 Å². The Morgan fingerprint density at radius 1 is 1.23 bits per heavy atom. The van der Waals surface area contributed by atoms with E-state index in [-0.39, 0.29) is 17.8 Å². The zero-order valence-electron chi connectivity index (χ0n) is 15.7. The zero-order valence-corrected chi connectivity index (χ0v) is 15.7. The van der Waals surface area contributed by atoms with Crippen molar-refractivity contribution < 1.29 is 14.1 Å². The first-order chi connectivity index (χ1) is 12.7. The normalized spacial score (nSPS) is 29.8. The minimum Gasteiger partial charge on any atom is -0.377 e. The molecular formula is C19H30N4O3. The molecule has 0 spiro atoms. The summed E-state index contributed by atoms with van der Waals surface area (Å²) in [5.41, 5.74) is 0. The molecule has 1 aromatic heterocycles. The quantitative estimate of drug-likeness (QED) is 0.803. The van der Waals surface area contributed by atoms with Crippen LogP contribution >= 0.6 is 0 Å². The van der Waals surface area contributed by atoms with E-state index in [1.165, 1.54) is 25.7 Å². The highest BCUT2D eigenvalue weighted by Gasteiger charge is 2.32. The Morgan fingerprint density at radius 3 is 2.88 bits per heavy atom. The summed E-state index contributed by atoms with van der Waals surface area (Å²) in [6.07, 6.45) is 9.70. The molecule has 144 valence electrons. The molecule has 3 fully saturated rings. The molecule has 0 bridgehead atoms. The summed E-state index contributed by atoms with van der Waals surface area (Å²) in [5.74, 6) is 1.17. The molecule has 1 aromatic rings. The number of nitrogens with one attached hydrogen (secondary N) is 1. The van der Waals surface area contributed by atoms with E-state index < -0.39 is 0 Å².